The van der Waals surface area contributed by atoms with Crippen molar-refractivity contribution in [1.82, 2.24) is 10.2 Å². The molecule has 0 saturated carbocycles. The fourth-order valence-electron chi connectivity index (χ4n) is 1.50. The van der Waals surface area contributed by atoms with E-state index in [0.29, 0.717) is 0 Å². The molecule has 1 aliphatic rings. The summed E-state index contributed by atoms with van der Waals surface area (Å²) in [6, 6.07) is -0.621. The number of morpholine rings is 1. The van der Waals surface area contributed by atoms with Gasteiger partial charge < -0.3 is 20.1 Å². The molecule has 1 saturated heterocycles. The van der Waals surface area contributed by atoms with E-state index in [0.717, 1.165) is 0 Å². The largest absolute Gasteiger partial charge is 0.481 e. The number of ether oxygens (including phenoxy) is 1. The first-order valence-electron chi connectivity index (χ1n) is 5.13. The van der Waals surface area contributed by atoms with Gasteiger partial charge in [0.1, 0.15) is 0 Å². The first-order valence-corrected chi connectivity index (χ1v) is 5.13. The summed E-state index contributed by atoms with van der Waals surface area (Å²) in [4.78, 5) is 23.2. The Kier molecular flexibility index (Phi) is 5.08. The molecule has 0 aromatic heterocycles. The Hall–Kier alpha value is -1.44. The van der Waals surface area contributed by atoms with Crippen LogP contribution in [0.4, 0.5) is 13.6 Å². The molecular formula is C9H14F2N2O4. The molecular weight excluding hydrogens is 238 g/mol. The zero-order chi connectivity index (χ0) is 12.8. The van der Waals surface area contributed by atoms with E-state index in [9.17, 15) is 18.4 Å². The summed E-state index contributed by atoms with van der Waals surface area (Å²) < 4.78 is 28.9. The maximum atomic E-state index is 11.9. The van der Waals surface area contributed by atoms with Crippen LogP contribution in [0.25, 0.3) is 0 Å². The van der Waals surface area contributed by atoms with Gasteiger partial charge in [-0.2, -0.15) is 0 Å². The molecule has 98 valence electrons. The Morgan fingerprint density at radius 3 is 2.82 bits per heavy atom. The summed E-state index contributed by atoms with van der Waals surface area (Å²) >= 11 is 0. The van der Waals surface area contributed by atoms with Gasteiger partial charge in [-0.25, -0.2) is 13.6 Å². The molecule has 0 aromatic rings. The predicted molar refractivity (Wildman–Crippen MR) is 53.0 cm³/mol. The number of nitrogens with zero attached hydrogens (tertiary/aromatic N) is 1. The summed E-state index contributed by atoms with van der Waals surface area (Å²) in [5.41, 5.74) is 0. The Labute approximate surface area is 96.5 Å². The predicted octanol–water partition coefficient (Wildman–Crippen LogP) is 0.137. The third-order valence-electron chi connectivity index (χ3n) is 2.24. The SMILES string of the molecule is O=C(O)CC1CN(C(=O)NCC(F)F)CCO1. The topological polar surface area (TPSA) is 78.9 Å². The second-order valence-electron chi connectivity index (χ2n) is 3.61. The minimum absolute atomic E-state index is 0.0986. The van der Waals surface area contributed by atoms with E-state index in [1.165, 1.54) is 4.90 Å². The molecule has 17 heavy (non-hydrogen) atoms. The van der Waals surface area contributed by atoms with Crippen molar-refractivity contribution >= 4 is 12.0 Å². The first-order chi connectivity index (χ1) is 7.99. The summed E-state index contributed by atoms with van der Waals surface area (Å²) in [6.45, 7) is -0.133. The molecule has 0 spiro atoms. The molecule has 8 heteroatoms. The number of hydrogen-bond donors (Lipinski definition) is 2. The Balaban J connectivity index is 2.37. The highest BCUT2D eigenvalue weighted by Gasteiger charge is 2.26. The van der Waals surface area contributed by atoms with Gasteiger partial charge in [0.25, 0.3) is 6.43 Å². The molecule has 0 radical (unpaired) electrons. The monoisotopic (exact) mass is 252 g/mol. The lowest BCUT2D eigenvalue weighted by molar-refractivity contribution is -0.141. The van der Waals surface area contributed by atoms with E-state index in [-0.39, 0.29) is 26.1 Å². The van der Waals surface area contributed by atoms with Crippen molar-refractivity contribution < 1.29 is 28.2 Å². The minimum atomic E-state index is -2.60. The van der Waals surface area contributed by atoms with Crippen molar-refractivity contribution in [2.24, 2.45) is 0 Å². The highest BCUT2D eigenvalue weighted by molar-refractivity contribution is 5.74. The zero-order valence-electron chi connectivity index (χ0n) is 9.07. The van der Waals surface area contributed by atoms with Gasteiger partial charge in [0.2, 0.25) is 0 Å². The fourth-order valence-corrected chi connectivity index (χ4v) is 1.50. The Morgan fingerprint density at radius 2 is 2.24 bits per heavy atom. The third kappa shape index (κ3) is 4.94. The van der Waals surface area contributed by atoms with Crippen LogP contribution in [0.5, 0.6) is 0 Å². The van der Waals surface area contributed by atoms with E-state index in [1.54, 1.807) is 0 Å². The standard InChI is InChI=1S/C9H14F2N2O4/c10-7(11)4-12-9(16)13-1-2-17-6(5-13)3-8(14)15/h6-7H,1-5H2,(H,12,16)(H,14,15). The molecule has 1 heterocycles. The minimum Gasteiger partial charge on any atom is -0.481 e. The number of alkyl halides is 2. The van der Waals surface area contributed by atoms with Crippen molar-refractivity contribution in [1.29, 1.82) is 0 Å². The van der Waals surface area contributed by atoms with Crippen LogP contribution >= 0.6 is 0 Å². The molecule has 1 fully saturated rings. The van der Waals surface area contributed by atoms with Crippen LogP contribution in [-0.2, 0) is 9.53 Å². The van der Waals surface area contributed by atoms with Crippen molar-refractivity contribution in [3.63, 3.8) is 0 Å². The molecule has 1 unspecified atom stereocenters. The third-order valence-corrected chi connectivity index (χ3v) is 2.24. The van der Waals surface area contributed by atoms with E-state index >= 15 is 0 Å². The van der Waals surface area contributed by atoms with Gasteiger partial charge in [-0.05, 0) is 0 Å². The fraction of sp³-hybridized carbons (Fsp3) is 0.778. The van der Waals surface area contributed by atoms with Gasteiger partial charge >= 0.3 is 12.0 Å². The van der Waals surface area contributed by atoms with E-state index in [1.807, 2.05) is 0 Å². The van der Waals surface area contributed by atoms with Gasteiger partial charge in [-0.3, -0.25) is 4.79 Å². The van der Waals surface area contributed by atoms with Crippen LogP contribution in [0.2, 0.25) is 0 Å². The molecule has 0 bridgehead atoms. The second kappa shape index (κ2) is 6.33. The summed E-state index contributed by atoms with van der Waals surface area (Å²) in [5.74, 6) is -1.02. The summed E-state index contributed by atoms with van der Waals surface area (Å²) in [5, 5.41) is 10.6. The lowest BCUT2D eigenvalue weighted by Gasteiger charge is -2.32. The number of nitrogens with one attached hydrogen (secondary N) is 1. The molecule has 1 atom stereocenters. The maximum Gasteiger partial charge on any atom is 0.317 e. The van der Waals surface area contributed by atoms with Crippen molar-refractivity contribution in [2.45, 2.75) is 19.0 Å². The quantitative estimate of drug-likeness (QED) is 0.745. The van der Waals surface area contributed by atoms with Crippen molar-refractivity contribution in [2.75, 3.05) is 26.2 Å². The molecule has 0 aromatic carbocycles. The number of aliphatic carboxylic acids is 1. The summed E-state index contributed by atoms with van der Waals surface area (Å²) in [7, 11) is 0. The van der Waals surface area contributed by atoms with Crippen molar-refractivity contribution in [3.05, 3.63) is 0 Å². The van der Waals surface area contributed by atoms with Crippen LogP contribution in [-0.4, -0.2) is 60.8 Å². The van der Waals surface area contributed by atoms with Crippen LogP contribution in [0.1, 0.15) is 6.42 Å². The Morgan fingerprint density at radius 1 is 1.53 bits per heavy atom. The number of halogens is 2. The van der Waals surface area contributed by atoms with Gasteiger partial charge in [0, 0.05) is 13.1 Å². The van der Waals surface area contributed by atoms with Crippen molar-refractivity contribution in [3.8, 4) is 0 Å². The molecule has 0 aliphatic carbocycles. The van der Waals surface area contributed by atoms with Crippen LogP contribution in [0.3, 0.4) is 0 Å². The van der Waals surface area contributed by atoms with Gasteiger partial charge in [0.15, 0.2) is 0 Å². The average molecular weight is 252 g/mol. The second-order valence-corrected chi connectivity index (χ2v) is 3.61. The number of carboxylic acids is 1. The number of urea groups is 1. The molecule has 2 amide bonds. The molecule has 6 nitrogen and oxygen atoms in total. The highest BCUT2D eigenvalue weighted by atomic mass is 19.3. The van der Waals surface area contributed by atoms with E-state index in [4.69, 9.17) is 9.84 Å². The zero-order valence-corrected chi connectivity index (χ0v) is 9.07. The average Bonchev–Trinajstić information content (AvgIpc) is 2.25. The van der Waals surface area contributed by atoms with Crippen LogP contribution in [0, 0.1) is 0 Å². The summed E-state index contributed by atoms with van der Waals surface area (Å²) in [6.07, 6.45) is -3.40. The van der Waals surface area contributed by atoms with Gasteiger partial charge in [-0.15, -0.1) is 0 Å². The first kappa shape index (κ1) is 13.6. The number of amides is 2. The van der Waals surface area contributed by atoms with E-state index < -0.39 is 31.1 Å². The number of carboxylic acid groups (broad SMARTS) is 1. The molecule has 1 aliphatic heterocycles. The van der Waals surface area contributed by atoms with Gasteiger partial charge in [0.05, 0.1) is 25.7 Å². The van der Waals surface area contributed by atoms with Crippen LogP contribution in [0.15, 0.2) is 0 Å². The highest BCUT2D eigenvalue weighted by Crippen LogP contribution is 2.08. The maximum absolute atomic E-state index is 11.9. The lowest BCUT2D eigenvalue weighted by Crippen LogP contribution is -2.50. The Bertz CT molecular complexity index is 288. The lowest BCUT2D eigenvalue weighted by atomic mass is 10.2. The number of carbonyl (C=O) groups excluding carboxylic acids is 1. The normalized spacial score (nSPS) is 20.4. The van der Waals surface area contributed by atoms with Crippen LogP contribution < -0.4 is 5.32 Å². The number of carbonyl (C=O) groups is 2. The molecule has 2 N–H and O–H groups in total. The molecule has 1 rings (SSSR count). The van der Waals surface area contributed by atoms with Gasteiger partial charge in [-0.1, -0.05) is 0 Å². The smallest absolute Gasteiger partial charge is 0.317 e. The number of hydrogen-bond acceptors (Lipinski definition) is 3. The number of rotatable bonds is 4. The van der Waals surface area contributed by atoms with E-state index in [2.05, 4.69) is 5.32 Å².